The quantitative estimate of drug-likeness (QED) is 0.882. The number of carboxylic acids is 1. The number of carbonyl (C=O) groups is 1. The van der Waals surface area contributed by atoms with Crippen LogP contribution in [0.5, 0.6) is 0 Å². The van der Waals surface area contributed by atoms with Crippen molar-refractivity contribution in [2.75, 3.05) is 32.7 Å². The fourth-order valence-corrected chi connectivity index (χ4v) is 2.25. The van der Waals surface area contributed by atoms with Crippen molar-refractivity contribution in [1.29, 1.82) is 0 Å². The molecule has 1 aliphatic rings. The molecule has 1 aliphatic heterocycles. The summed E-state index contributed by atoms with van der Waals surface area (Å²) in [6.07, 6.45) is 3.39. The molecule has 0 spiro atoms. The van der Waals surface area contributed by atoms with E-state index in [0.29, 0.717) is 5.02 Å². The van der Waals surface area contributed by atoms with Crippen LogP contribution >= 0.6 is 11.6 Å². The summed E-state index contributed by atoms with van der Waals surface area (Å²) in [5.74, 6) is -0.763. The number of hydrogen-bond acceptors (Lipinski definition) is 4. The molecule has 0 atom stereocenters. The third kappa shape index (κ3) is 3.66. The Hall–Kier alpha value is -1.17. The van der Waals surface area contributed by atoms with Crippen LogP contribution in [0.25, 0.3) is 0 Å². The fourth-order valence-electron chi connectivity index (χ4n) is 2.07. The Bertz CT molecular complexity index is 420. The number of carboxylic acid groups (broad SMARTS) is 1. The molecule has 2 heterocycles. The van der Waals surface area contributed by atoms with Gasteiger partial charge in [0.05, 0.1) is 11.6 Å². The summed E-state index contributed by atoms with van der Waals surface area (Å²) in [5.41, 5.74) is 1.07. The second kappa shape index (κ2) is 6.13. The van der Waals surface area contributed by atoms with Crippen LogP contribution < -0.4 is 0 Å². The Balaban J connectivity index is 1.84. The molecule has 98 valence electrons. The maximum Gasteiger partial charge on any atom is 0.317 e. The molecule has 0 unspecified atom stereocenters. The zero-order valence-corrected chi connectivity index (χ0v) is 10.8. The van der Waals surface area contributed by atoms with Gasteiger partial charge in [-0.2, -0.15) is 0 Å². The number of rotatable bonds is 4. The van der Waals surface area contributed by atoms with E-state index in [9.17, 15) is 4.79 Å². The van der Waals surface area contributed by atoms with E-state index >= 15 is 0 Å². The summed E-state index contributed by atoms with van der Waals surface area (Å²) in [7, 11) is 0. The minimum atomic E-state index is -0.763. The summed E-state index contributed by atoms with van der Waals surface area (Å²) in [6, 6.07) is 1.92. The highest BCUT2D eigenvalue weighted by atomic mass is 35.5. The van der Waals surface area contributed by atoms with Crippen LogP contribution in [-0.2, 0) is 11.3 Å². The van der Waals surface area contributed by atoms with Gasteiger partial charge in [-0.05, 0) is 11.6 Å². The van der Waals surface area contributed by atoms with Gasteiger partial charge in [0.2, 0.25) is 0 Å². The van der Waals surface area contributed by atoms with Crippen LogP contribution in [0, 0.1) is 0 Å². The third-order valence-corrected chi connectivity index (χ3v) is 3.41. The van der Waals surface area contributed by atoms with Crippen molar-refractivity contribution >= 4 is 17.6 Å². The predicted octanol–water partition coefficient (Wildman–Crippen LogP) is 0.937. The summed E-state index contributed by atoms with van der Waals surface area (Å²) < 4.78 is 0. The second-order valence-electron chi connectivity index (χ2n) is 4.41. The van der Waals surface area contributed by atoms with Gasteiger partial charge in [-0.1, -0.05) is 11.6 Å². The van der Waals surface area contributed by atoms with Gasteiger partial charge >= 0.3 is 5.97 Å². The molecule has 1 aromatic rings. The van der Waals surface area contributed by atoms with Gasteiger partial charge in [0.15, 0.2) is 0 Å². The SMILES string of the molecule is O=C(O)CN1CCN(Cc2ccncc2Cl)CC1. The first kappa shape index (κ1) is 13.3. The highest BCUT2D eigenvalue weighted by Gasteiger charge is 2.19. The van der Waals surface area contributed by atoms with E-state index in [4.69, 9.17) is 16.7 Å². The second-order valence-corrected chi connectivity index (χ2v) is 4.82. The van der Waals surface area contributed by atoms with Crippen molar-refractivity contribution in [3.05, 3.63) is 29.0 Å². The summed E-state index contributed by atoms with van der Waals surface area (Å²) in [5, 5.41) is 9.41. The first-order valence-electron chi connectivity index (χ1n) is 5.90. The average molecular weight is 270 g/mol. The van der Waals surface area contributed by atoms with Crippen molar-refractivity contribution in [1.82, 2.24) is 14.8 Å². The van der Waals surface area contributed by atoms with E-state index in [1.54, 1.807) is 12.4 Å². The van der Waals surface area contributed by atoms with E-state index in [1.165, 1.54) is 0 Å². The van der Waals surface area contributed by atoms with Crippen molar-refractivity contribution in [2.45, 2.75) is 6.54 Å². The van der Waals surface area contributed by atoms with Crippen LogP contribution in [0.3, 0.4) is 0 Å². The van der Waals surface area contributed by atoms with Gasteiger partial charge in [-0.15, -0.1) is 0 Å². The molecule has 2 rings (SSSR count). The minimum Gasteiger partial charge on any atom is -0.480 e. The smallest absolute Gasteiger partial charge is 0.317 e. The number of aromatic nitrogens is 1. The number of nitrogens with zero attached hydrogens (tertiary/aromatic N) is 3. The number of piperazine rings is 1. The summed E-state index contributed by atoms with van der Waals surface area (Å²) >= 11 is 6.06. The van der Waals surface area contributed by atoms with E-state index < -0.39 is 5.97 Å². The summed E-state index contributed by atoms with van der Waals surface area (Å²) in [6.45, 7) is 4.23. The molecule has 0 bridgehead atoms. The van der Waals surface area contributed by atoms with Crippen LogP contribution in [0.4, 0.5) is 0 Å². The van der Waals surface area contributed by atoms with E-state index in [0.717, 1.165) is 38.3 Å². The number of aliphatic carboxylic acids is 1. The van der Waals surface area contributed by atoms with Gasteiger partial charge in [0.25, 0.3) is 0 Å². The Morgan fingerprint density at radius 3 is 2.61 bits per heavy atom. The van der Waals surface area contributed by atoms with Crippen LogP contribution in [-0.4, -0.2) is 58.6 Å². The normalized spacial score (nSPS) is 17.8. The molecule has 6 heteroatoms. The largest absolute Gasteiger partial charge is 0.480 e. The first-order chi connectivity index (χ1) is 8.65. The number of hydrogen-bond donors (Lipinski definition) is 1. The van der Waals surface area contributed by atoms with E-state index in [1.807, 2.05) is 11.0 Å². The van der Waals surface area contributed by atoms with Crippen LogP contribution in [0.15, 0.2) is 18.5 Å². The summed E-state index contributed by atoms with van der Waals surface area (Å²) in [4.78, 5) is 18.8. The number of pyridine rings is 1. The maximum atomic E-state index is 10.6. The van der Waals surface area contributed by atoms with Crippen molar-refractivity contribution in [3.8, 4) is 0 Å². The Morgan fingerprint density at radius 2 is 2.00 bits per heavy atom. The van der Waals surface area contributed by atoms with Gasteiger partial charge in [-0.25, -0.2) is 0 Å². The highest BCUT2D eigenvalue weighted by molar-refractivity contribution is 6.31. The third-order valence-electron chi connectivity index (χ3n) is 3.07. The predicted molar refractivity (Wildman–Crippen MR) is 68.6 cm³/mol. The Morgan fingerprint density at radius 1 is 1.33 bits per heavy atom. The molecular weight excluding hydrogens is 254 g/mol. The topological polar surface area (TPSA) is 56.7 Å². The molecule has 1 fully saturated rings. The lowest BCUT2D eigenvalue weighted by molar-refractivity contribution is -0.138. The molecule has 0 radical (unpaired) electrons. The van der Waals surface area contributed by atoms with Crippen LogP contribution in [0.1, 0.15) is 5.56 Å². The van der Waals surface area contributed by atoms with Crippen molar-refractivity contribution < 1.29 is 9.90 Å². The molecule has 0 aromatic carbocycles. The minimum absolute atomic E-state index is 0.129. The molecule has 0 amide bonds. The maximum absolute atomic E-state index is 10.6. The van der Waals surface area contributed by atoms with Crippen molar-refractivity contribution in [3.63, 3.8) is 0 Å². The van der Waals surface area contributed by atoms with E-state index in [2.05, 4.69) is 9.88 Å². The average Bonchev–Trinajstić information content (AvgIpc) is 2.34. The highest BCUT2D eigenvalue weighted by Crippen LogP contribution is 2.16. The van der Waals surface area contributed by atoms with E-state index in [-0.39, 0.29) is 6.54 Å². The molecule has 18 heavy (non-hydrogen) atoms. The van der Waals surface area contributed by atoms with Gasteiger partial charge in [0.1, 0.15) is 0 Å². The monoisotopic (exact) mass is 269 g/mol. The first-order valence-corrected chi connectivity index (χ1v) is 6.28. The molecule has 1 saturated heterocycles. The molecule has 0 saturated carbocycles. The zero-order valence-electron chi connectivity index (χ0n) is 10.0. The van der Waals surface area contributed by atoms with Crippen molar-refractivity contribution in [2.24, 2.45) is 0 Å². The zero-order chi connectivity index (χ0) is 13.0. The standard InChI is InChI=1S/C12H16ClN3O2/c13-11-7-14-2-1-10(11)8-15-3-5-16(6-4-15)9-12(17)18/h1-2,7H,3-6,8-9H2,(H,17,18). The van der Waals surface area contributed by atoms with Gasteiger partial charge in [-0.3, -0.25) is 19.6 Å². The molecule has 0 aliphatic carbocycles. The molecule has 1 N–H and O–H groups in total. The number of halogens is 1. The fraction of sp³-hybridized carbons (Fsp3) is 0.500. The lowest BCUT2D eigenvalue weighted by Gasteiger charge is -2.33. The molecule has 1 aromatic heterocycles. The van der Waals surface area contributed by atoms with Crippen LogP contribution in [0.2, 0.25) is 5.02 Å². The molecule has 5 nitrogen and oxygen atoms in total. The Kier molecular flexibility index (Phi) is 4.52. The van der Waals surface area contributed by atoms with Gasteiger partial charge in [0, 0.05) is 45.1 Å². The molecular formula is C12H16ClN3O2. The lowest BCUT2D eigenvalue weighted by Crippen LogP contribution is -2.47. The lowest BCUT2D eigenvalue weighted by atomic mass is 10.2. The Labute approximate surface area is 111 Å². The van der Waals surface area contributed by atoms with Gasteiger partial charge < -0.3 is 5.11 Å².